The van der Waals surface area contributed by atoms with Crippen molar-refractivity contribution in [1.29, 1.82) is 5.26 Å². The van der Waals surface area contributed by atoms with Crippen molar-refractivity contribution in [3.63, 3.8) is 0 Å². The number of nitriles is 1. The summed E-state index contributed by atoms with van der Waals surface area (Å²) in [6, 6.07) is 10.1. The summed E-state index contributed by atoms with van der Waals surface area (Å²) < 4.78 is 14.4. The summed E-state index contributed by atoms with van der Waals surface area (Å²) in [5, 5.41) is 14.1. The molecule has 0 aliphatic rings. The summed E-state index contributed by atoms with van der Waals surface area (Å²) in [6.45, 7) is 1.79. The number of guanidine groups is 1. The first-order valence-corrected chi connectivity index (χ1v) is 11.5. The van der Waals surface area contributed by atoms with Crippen molar-refractivity contribution in [1.82, 2.24) is 15.6 Å². The molecule has 1 aromatic heterocycles. The number of halogens is 2. The fourth-order valence-corrected chi connectivity index (χ4v) is 3.73. The Morgan fingerprint density at radius 1 is 1.30 bits per heavy atom. The number of aryl methyl sites for hydroxylation is 1. The molecule has 0 saturated heterocycles. The van der Waals surface area contributed by atoms with E-state index in [1.165, 1.54) is 23.2 Å². The summed E-state index contributed by atoms with van der Waals surface area (Å²) in [7, 11) is 1.60. The number of hydrogen-bond donors (Lipinski definition) is 3. The standard InChI is InChI=1S/C25H22BrFN8O2/c1-15-5-19(12-31-10-15)35(13-16-3-4-21(27)17(6-16)9-28)25(37)34-24(32-14-36)33-23-7-18(11-30-2)22(29)8-20(23)26/h3-8,10-12,14H,13,29H2,1-2H3,(H2,32,33,34,36,37). The topological polar surface area (TPSA) is 149 Å². The Labute approximate surface area is 220 Å². The second-order valence-corrected chi connectivity index (χ2v) is 8.56. The summed E-state index contributed by atoms with van der Waals surface area (Å²) >= 11 is 3.38. The van der Waals surface area contributed by atoms with Crippen LogP contribution in [0.5, 0.6) is 0 Å². The molecule has 37 heavy (non-hydrogen) atoms. The normalized spacial score (nSPS) is 11.2. The number of carbonyl (C=O) groups is 2. The van der Waals surface area contributed by atoms with E-state index in [4.69, 9.17) is 5.73 Å². The van der Waals surface area contributed by atoms with E-state index >= 15 is 0 Å². The van der Waals surface area contributed by atoms with E-state index in [0.29, 0.717) is 39.1 Å². The van der Waals surface area contributed by atoms with Crippen LogP contribution < -0.4 is 21.3 Å². The molecule has 0 aliphatic heterocycles. The number of nitrogens with one attached hydrogen (secondary N) is 2. The molecule has 10 nitrogen and oxygen atoms in total. The monoisotopic (exact) mass is 564 g/mol. The van der Waals surface area contributed by atoms with Crippen LogP contribution in [0, 0.1) is 24.1 Å². The molecular formula is C25H22BrFN8O2. The fourth-order valence-electron chi connectivity index (χ4n) is 3.28. The molecule has 0 saturated carbocycles. The van der Waals surface area contributed by atoms with Gasteiger partial charge < -0.3 is 5.73 Å². The summed E-state index contributed by atoms with van der Waals surface area (Å²) in [5.74, 6) is -0.821. The number of nitrogens with two attached hydrogens (primary N) is 1. The van der Waals surface area contributed by atoms with Crippen LogP contribution in [0.1, 0.15) is 22.3 Å². The molecule has 1 heterocycles. The number of nitrogen functional groups attached to an aromatic ring is 1. The van der Waals surface area contributed by atoms with Gasteiger partial charge in [-0.25, -0.2) is 14.2 Å². The molecule has 0 radical (unpaired) electrons. The molecular weight excluding hydrogens is 543 g/mol. The van der Waals surface area contributed by atoms with Gasteiger partial charge in [0.25, 0.3) is 0 Å². The van der Waals surface area contributed by atoms with Gasteiger partial charge in [-0.1, -0.05) is 6.07 Å². The van der Waals surface area contributed by atoms with Gasteiger partial charge in [0.15, 0.2) is 0 Å². The lowest BCUT2D eigenvalue weighted by molar-refractivity contribution is -0.108. The van der Waals surface area contributed by atoms with Gasteiger partial charge in [-0.2, -0.15) is 5.26 Å². The zero-order valence-corrected chi connectivity index (χ0v) is 21.5. The van der Waals surface area contributed by atoms with E-state index in [1.807, 2.05) is 6.92 Å². The van der Waals surface area contributed by atoms with Crippen LogP contribution in [0.4, 0.5) is 26.2 Å². The van der Waals surface area contributed by atoms with Crippen LogP contribution >= 0.6 is 15.9 Å². The highest BCUT2D eigenvalue weighted by atomic mass is 79.9. The molecule has 12 heteroatoms. The zero-order valence-electron chi connectivity index (χ0n) is 19.9. The number of pyridine rings is 1. The fraction of sp³-hybridized carbons (Fsp3) is 0.120. The number of hydrogen-bond acceptors (Lipinski definition) is 7. The largest absolute Gasteiger partial charge is 0.398 e. The van der Waals surface area contributed by atoms with Crippen LogP contribution in [0.15, 0.2) is 63.2 Å². The molecule has 0 unspecified atom stereocenters. The van der Waals surface area contributed by atoms with Crippen LogP contribution in [-0.4, -0.2) is 36.6 Å². The van der Waals surface area contributed by atoms with E-state index in [1.54, 1.807) is 43.7 Å². The Morgan fingerprint density at radius 2 is 2.08 bits per heavy atom. The Morgan fingerprint density at radius 3 is 2.76 bits per heavy atom. The molecule has 0 atom stereocenters. The van der Waals surface area contributed by atoms with E-state index in [2.05, 4.69) is 41.5 Å². The average Bonchev–Trinajstić information content (AvgIpc) is 2.86. The highest BCUT2D eigenvalue weighted by Gasteiger charge is 2.20. The van der Waals surface area contributed by atoms with Gasteiger partial charge in [0.05, 0.1) is 29.7 Å². The first-order valence-electron chi connectivity index (χ1n) is 10.7. The second-order valence-electron chi connectivity index (χ2n) is 7.71. The number of carbonyl (C=O) groups excluding carboxylic acids is 2. The summed E-state index contributed by atoms with van der Waals surface area (Å²) in [4.78, 5) is 38.5. The molecule has 0 spiro atoms. The van der Waals surface area contributed by atoms with Gasteiger partial charge in [-0.15, -0.1) is 0 Å². The van der Waals surface area contributed by atoms with Crippen molar-refractivity contribution in [2.24, 2.45) is 9.98 Å². The Hall–Kier alpha value is -4.63. The van der Waals surface area contributed by atoms with E-state index in [-0.39, 0.29) is 18.1 Å². The van der Waals surface area contributed by atoms with Crippen molar-refractivity contribution in [2.45, 2.75) is 13.5 Å². The van der Waals surface area contributed by atoms with Crippen molar-refractivity contribution >= 4 is 57.6 Å². The summed E-state index contributed by atoms with van der Waals surface area (Å²) in [5.41, 5.74) is 9.00. The van der Waals surface area contributed by atoms with Crippen molar-refractivity contribution in [3.8, 4) is 6.07 Å². The molecule has 0 aliphatic carbocycles. The number of aromatic nitrogens is 1. The van der Waals surface area contributed by atoms with Gasteiger partial charge in [0, 0.05) is 35.2 Å². The third-order valence-corrected chi connectivity index (χ3v) is 5.62. The van der Waals surface area contributed by atoms with Crippen LogP contribution in [-0.2, 0) is 11.3 Å². The predicted molar refractivity (Wildman–Crippen MR) is 143 cm³/mol. The molecule has 0 fully saturated rings. The molecule has 2 aromatic carbocycles. The average molecular weight is 565 g/mol. The minimum atomic E-state index is -0.662. The zero-order chi connectivity index (χ0) is 26.9. The minimum Gasteiger partial charge on any atom is -0.398 e. The molecule has 3 amide bonds. The van der Waals surface area contributed by atoms with Gasteiger partial charge in [-0.05, 0) is 64.3 Å². The minimum absolute atomic E-state index is 0.0248. The molecule has 188 valence electrons. The number of benzene rings is 2. The highest BCUT2D eigenvalue weighted by molar-refractivity contribution is 9.10. The van der Waals surface area contributed by atoms with E-state index in [9.17, 15) is 19.2 Å². The Balaban J connectivity index is 1.99. The van der Waals surface area contributed by atoms with E-state index in [0.717, 1.165) is 11.6 Å². The number of urea groups is 1. The molecule has 3 rings (SSSR count). The Bertz CT molecular complexity index is 1430. The molecule has 3 aromatic rings. The van der Waals surface area contributed by atoms with Crippen LogP contribution in [0.2, 0.25) is 0 Å². The van der Waals surface area contributed by atoms with Crippen LogP contribution in [0.3, 0.4) is 0 Å². The Kier molecular flexibility index (Phi) is 9.01. The maximum Gasteiger partial charge on any atom is 0.329 e. The van der Waals surface area contributed by atoms with Crippen molar-refractivity contribution < 1.29 is 14.0 Å². The third-order valence-electron chi connectivity index (χ3n) is 4.98. The van der Waals surface area contributed by atoms with Crippen molar-refractivity contribution in [3.05, 3.63) is 81.3 Å². The maximum atomic E-state index is 13.8. The van der Waals surface area contributed by atoms with E-state index < -0.39 is 11.8 Å². The van der Waals surface area contributed by atoms with Gasteiger partial charge in [0.1, 0.15) is 11.9 Å². The molecule has 0 bridgehead atoms. The lowest BCUT2D eigenvalue weighted by Gasteiger charge is -2.24. The number of nitrogens with zero attached hydrogens (tertiary/aromatic N) is 5. The summed E-state index contributed by atoms with van der Waals surface area (Å²) in [6.07, 6.45) is 5.04. The lowest BCUT2D eigenvalue weighted by Crippen LogP contribution is -2.47. The highest BCUT2D eigenvalue weighted by Crippen LogP contribution is 2.30. The lowest BCUT2D eigenvalue weighted by atomic mass is 10.1. The second kappa shape index (κ2) is 12.4. The smallest absolute Gasteiger partial charge is 0.329 e. The van der Waals surface area contributed by atoms with Gasteiger partial charge in [0.2, 0.25) is 12.4 Å². The number of aliphatic imine (C=N–C) groups is 2. The van der Waals surface area contributed by atoms with Gasteiger partial charge in [-0.3, -0.25) is 30.3 Å². The first kappa shape index (κ1) is 27.0. The quantitative estimate of drug-likeness (QED) is 0.179. The predicted octanol–water partition coefficient (Wildman–Crippen LogP) is 3.94. The first-order chi connectivity index (χ1) is 17.7. The molecule has 4 N–H and O–H groups in total. The SMILES string of the molecule is CN=Cc1cc(N=C(NC=O)NC(=O)N(Cc2ccc(F)c(C#N)c2)c2cncc(C)c2)c(Br)cc1N. The van der Waals surface area contributed by atoms with Gasteiger partial charge >= 0.3 is 6.03 Å². The third kappa shape index (κ3) is 6.96. The van der Waals surface area contributed by atoms with Crippen LogP contribution in [0.25, 0.3) is 0 Å². The number of anilines is 2. The van der Waals surface area contributed by atoms with Crippen molar-refractivity contribution in [2.75, 3.05) is 17.7 Å². The number of rotatable bonds is 6. The maximum absolute atomic E-state index is 13.8. The number of amides is 3.